The van der Waals surface area contributed by atoms with Crippen molar-refractivity contribution in [1.82, 2.24) is 0 Å². The standard InChI is InChI=1S/C15H13ClF2O/c1-9-7-10(5-6-13(9)17)15(19)8-11-12(16)3-2-4-14(11)18/h2-7,15,19H,8H2,1H3. The maximum absolute atomic E-state index is 13.6. The first kappa shape index (κ1) is 14.0. The molecule has 0 aromatic heterocycles. The van der Waals surface area contributed by atoms with E-state index in [-0.39, 0.29) is 22.8 Å². The molecule has 0 aliphatic carbocycles. The van der Waals surface area contributed by atoms with Crippen LogP contribution in [0.15, 0.2) is 36.4 Å². The molecule has 1 N–H and O–H groups in total. The average molecular weight is 283 g/mol. The molecule has 0 spiro atoms. The first-order chi connectivity index (χ1) is 8.99. The number of benzene rings is 2. The van der Waals surface area contributed by atoms with Gasteiger partial charge >= 0.3 is 0 Å². The van der Waals surface area contributed by atoms with Crippen molar-refractivity contribution in [2.24, 2.45) is 0 Å². The van der Waals surface area contributed by atoms with Gasteiger partial charge in [-0.3, -0.25) is 0 Å². The highest BCUT2D eigenvalue weighted by atomic mass is 35.5. The fraction of sp³-hybridized carbons (Fsp3) is 0.200. The molecule has 2 rings (SSSR count). The second-order valence-corrected chi connectivity index (χ2v) is 4.84. The molecule has 1 unspecified atom stereocenters. The number of hydrogen-bond donors (Lipinski definition) is 1. The molecule has 1 atom stereocenters. The highest BCUT2D eigenvalue weighted by Gasteiger charge is 2.15. The van der Waals surface area contributed by atoms with Gasteiger partial charge in [0.05, 0.1) is 6.10 Å². The molecule has 0 radical (unpaired) electrons. The molecule has 0 bridgehead atoms. The third kappa shape index (κ3) is 3.11. The molecule has 0 heterocycles. The van der Waals surface area contributed by atoms with E-state index in [4.69, 9.17) is 11.6 Å². The molecular formula is C15H13ClF2O. The minimum Gasteiger partial charge on any atom is -0.388 e. The van der Waals surface area contributed by atoms with Crippen molar-refractivity contribution in [2.45, 2.75) is 19.4 Å². The predicted octanol–water partition coefficient (Wildman–Crippen LogP) is 4.20. The van der Waals surface area contributed by atoms with Crippen LogP contribution in [0.4, 0.5) is 8.78 Å². The molecule has 2 aromatic rings. The Morgan fingerprint density at radius 2 is 1.89 bits per heavy atom. The number of hydrogen-bond acceptors (Lipinski definition) is 1. The van der Waals surface area contributed by atoms with Crippen LogP contribution in [0.2, 0.25) is 5.02 Å². The maximum atomic E-state index is 13.6. The molecule has 0 aliphatic heterocycles. The summed E-state index contributed by atoms with van der Waals surface area (Å²) in [6.07, 6.45) is -0.870. The van der Waals surface area contributed by atoms with E-state index in [1.807, 2.05) is 0 Å². The highest BCUT2D eigenvalue weighted by molar-refractivity contribution is 6.31. The summed E-state index contributed by atoms with van der Waals surface area (Å²) in [6.45, 7) is 1.61. The number of aliphatic hydroxyl groups is 1. The van der Waals surface area contributed by atoms with E-state index in [0.717, 1.165) is 0 Å². The Kier molecular flexibility index (Phi) is 4.17. The Morgan fingerprint density at radius 1 is 1.16 bits per heavy atom. The Hall–Kier alpha value is -1.45. The number of aliphatic hydroxyl groups excluding tert-OH is 1. The van der Waals surface area contributed by atoms with Gasteiger partial charge in [0.25, 0.3) is 0 Å². The third-order valence-electron chi connectivity index (χ3n) is 3.03. The van der Waals surface area contributed by atoms with Gasteiger partial charge in [-0.05, 0) is 36.2 Å². The lowest BCUT2D eigenvalue weighted by atomic mass is 9.99. The lowest BCUT2D eigenvalue weighted by Gasteiger charge is -2.13. The molecule has 0 aliphatic rings. The Balaban J connectivity index is 2.25. The van der Waals surface area contributed by atoms with Gasteiger partial charge in [-0.1, -0.05) is 29.8 Å². The van der Waals surface area contributed by atoms with Gasteiger partial charge in [-0.15, -0.1) is 0 Å². The predicted molar refractivity (Wildman–Crippen MR) is 71.2 cm³/mol. The second-order valence-electron chi connectivity index (χ2n) is 4.43. The fourth-order valence-electron chi connectivity index (χ4n) is 1.91. The summed E-state index contributed by atoms with van der Waals surface area (Å²) >= 11 is 5.91. The Labute approximate surface area is 115 Å². The summed E-state index contributed by atoms with van der Waals surface area (Å²) in [7, 11) is 0. The fourth-order valence-corrected chi connectivity index (χ4v) is 2.15. The monoisotopic (exact) mass is 282 g/mol. The lowest BCUT2D eigenvalue weighted by Crippen LogP contribution is -2.05. The van der Waals surface area contributed by atoms with Crippen molar-refractivity contribution in [2.75, 3.05) is 0 Å². The third-order valence-corrected chi connectivity index (χ3v) is 3.38. The van der Waals surface area contributed by atoms with Crippen LogP contribution in [0.1, 0.15) is 22.8 Å². The topological polar surface area (TPSA) is 20.2 Å². The van der Waals surface area contributed by atoms with E-state index in [1.54, 1.807) is 19.1 Å². The van der Waals surface area contributed by atoms with Gasteiger partial charge < -0.3 is 5.11 Å². The molecule has 1 nitrogen and oxygen atoms in total. The summed E-state index contributed by atoms with van der Waals surface area (Å²) in [6, 6.07) is 8.70. The van der Waals surface area contributed by atoms with Crippen LogP contribution < -0.4 is 0 Å². The molecule has 2 aromatic carbocycles. The summed E-state index contributed by atoms with van der Waals surface area (Å²) in [4.78, 5) is 0. The van der Waals surface area contributed by atoms with Crippen LogP contribution in [0.5, 0.6) is 0 Å². The van der Waals surface area contributed by atoms with Crippen LogP contribution in [-0.2, 0) is 6.42 Å². The summed E-state index contributed by atoms with van der Waals surface area (Å²) in [5.41, 5.74) is 1.24. The quantitative estimate of drug-likeness (QED) is 0.894. The van der Waals surface area contributed by atoms with Crippen molar-refractivity contribution in [3.05, 3.63) is 69.7 Å². The first-order valence-corrected chi connectivity index (χ1v) is 6.24. The van der Waals surface area contributed by atoms with Gasteiger partial charge in [0.1, 0.15) is 11.6 Å². The molecule has 0 amide bonds. The van der Waals surface area contributed by atoms with Crippen molar-refractivity contribution in [3.63, 3.8) is 0 Å². The molecule has 19 heavy (non-hydrogen) atoms. The molecule has 0 fully saturated rings. The van der Waals surface area contributed by atoms with Gasteiger partial charge in [0.15, 0.2) is 0 Å². The van der Waals surface area contributed by atoms with Crippen molar-refractivity contribution in [1.29, 1.82) is 0 Å². The average Bonchev–Trinajstić information content (AvgIpc) is 2.37. The maximum Gasteiger partial charge on any atom is 0.127 e. The van der Waals surface area contributed by atoms with Crippen LogP contribution >= 0.6 is 11.6 Å². The van der Waals surface area contributed by atoms with Gasteiger partial charge in [-0.2, -0.15) is 0 Å². The number of aryl methyl sites for hydroxylation is 1. The zero-order valence-electron chi connectivity index (χ0n) is 10.3. The summed E-state index contributed by atoms with van der Waals surface area (Å²) < 4.78 is 26.8. The Morgan fingerprint density at radius 3 is 2.53 bits per heavy atom. The van der Waals surface area contributed by atoms with Crippen molar-refractivity contribution < 1.29 is 13.9 Å². The molecule has 0 saturated heterocycles. The van der Waals surface area contributed by atoms with Crippen LogP contribution in [0.25, 0.3) is 0 Å². The van der Waals surface area contributed by atoms with Gasteiger partial charge in [0, 0.05) is 17.0 Å². The summed E-state index contributed by atoms with van der Waals surface area (Å²) in [5.74, 6) is -0.787. The van der Waals surface area contributed by atoms with E-state index in [2.05, 4.69) is 0 Å². The van der Waals surface area contributed by atoms with Crippen LogP contribution in [0.3, 0.4) is 0 Å². The zero-order valence-corrected chi connectivity index (χ0v) is 11.1. The molecule has 100 valence electrons. The summed E-state index contributed by atoms with van der Waals surface area (Å²) in [5, 5.41) is 10.4. The largest absolute Gasteiger partial charge is 0.388 e. The normalized spacial score (nSPS) is 12.5. The molecule has 0 saturated carbocycles. The zero-order chi connectivity index (χ0) is 14.0. The van der Waals surface area contributed by atoms with Crippen molar-refractivity contribution in [3.8, 4) is 0 Å². The molecule has 4 heteroatoms. The Bertz CT molecular complexity index is 578. The molecular weight excluding hydrogens is 270 g/mol. The number of halogens is 3. The van der Waals surface area contributed by atoms with E-state index in [0.29, 0.717) is 11.1 Å². The number of rotatable bonds is 3. The lowest BCUT2D eigenvalue weighted by molar-refractivity contribution is 0.177. The minimum atomic E-state index is -0.922. The minimum absolute atomic E-state index is 0.0522. The van der Waals surface area contributed by atoms with E-state index in [1.165, 1.54) is 24.3 Å². The van der Waals surface area contributed by atoms with Crippen LogP contribution in [0, 0.1) is 18.6 Å². The van der Waals surface area contributed by atoms with Crippen molar-refractivity contribution >= 4 is 11.6 Å². The van der Waals surface area contributed by atoms with E-state index >= 15 is 0 Å². The SMILES string of the molecule is Cc1cc(C(O)Cc2c(F)cccc2Cl)ccc1F. The van der Waals surface area contributed by atoms with E-state index < -0.39 is 11.9 Å². The van der Waals surface area contributed by atoms with Gasteiger partial charge in [0.2, 0.25) is 0 Å². The van der Waals surface area contributed by atoms with Crippen LogP contribution in [-0.4, -0.2) is 5.11 Å². The van der Waals surface area contributed by atoms with Gasteiger partial charge in [-0.25, -0.2) is 8.78 Å². The van der Waals surface area contributed by atoms with E-state index in [9.17, 15) is 13.9 Å². The highest BCUT2D eigenvalue weighted by Crippen LogP contribution is 2.26. The first-order valence-electron chi connectivity index (χ1n) is 5.86. The second kappa shape index (κ2) is 5.68. The smallest absolute Gasteiger partial charge is 0.127 e.